The molecule has 0 saturated heterocycles. The van der Waals surface area contributed by atoms with E-state index in [9.17, 15) is 4.39 Å². The van der Waals surface area contributed by atoms with Gasteiger partial charge >= 0.3 is 0 Å². The minimum atomic E-state index is -0.404. The molecule has 6 nitrogen and oxygen atoms in total. The van der Waals surface area contributed by atoms with Gasteiger partial charge < -0.3 is 5.32 Å². The maximum absolute atomic E-state index is 13.7. The van der Waals surface area contributed by atoms with E-state index in [0.717, 1.165) is 5.56 Å². The fourth-order valence-corrected chi connectivity index (χ4v) is 1.68. The van der Waals surface area contributed by atoms with Crippen molar-refractivity contribution in [2.45, 2.75) is 5.33 Å². The molecule has 1 heterocycles. The number of aromatic amines is 1. The van der Waals surface area contributed by atoms with Crippen LogP contribution >= 0.6 is 15.9 Å². The number of tetrazole rings is 1. The number of anilines is 1. The Kier molecular flexibility index (Phi) is 4.20. The van der Waals surface area contributed by atoms with Gasteiger partial charge in [-0.1, -0.05) is 22.0 Å². The number of nitriles is 1. The summed E-state index contributed by atoms with van der Waals surface area (Å²) in [7, 11) is 0. The summed E-state index contributed by atoms with van der Waals surface area (Å²) in [5.41, 5.74) is 1.24. The van der Waals surface area contributed by atoms with Gasteiger partial charge in [0.1, 0.15) is 17.5 Å². The summed E-state index contributed by atoms with van der Waals surface area (Å²) in [6, 6.07) is 6.67. The third-order valence-electron chi connectivity index (χ3n) is 2.27. The number of nitrogens with zero attached hydrogens (tertiary/aromatic N) is 4. The van der Waals surface area contributed by atoms with Crippen molar-refractivity contribution in [2.24, 2.45) is 0 Å². The van der Waals surface area contributed by atoms with Crippen LogP contribution in [0.25, 0.3) is 5.57 Å². The number of nitrogens with one attached hydrogen (secondary N) is 2. The van der Waals surface area contributed by atoms with Crippen molar-refractivity contribution in [3.05, 3.63) is 41.6 Å². The van der Waals surface area contributed by atoms with Crippen LogP contribution in [0.2, 0.25) is 0 Å². The highest BCUT2D eigenvalue weighted by molar-refractivity contribution is 9.08. The zero-order valence-corrected chi connectivity index (χ0v) is 11.1. The predicted octanol–water partition coefficient (Wildman–Crippen LogP) is 2.21. The van der Waals surface area contributed by atoms with Crippen LogP contribution < -0.4 is 5.32 Å². The van der Waals surface area contributed by atoms with Crippen LogP contribution in [-0.2, 0) is 5.33 Å². The van der Waals surface area contributed by atoms with Crippen molar-refractivity contribution < 1.29 is 4.39 Å². The molecule has 1 aromatic heterocycles. The van der Waals surface area contributed by atoms with E-state index in [1.54, 1.807) is 12.1 Å². The number of hydrogen-bond acceptors (Lipinski definition) is 5. The van der Waals surface area contributed by atoms with E-state index in [2.05, 4.69) is 41.9 Å². The molecule has 0 aliphatic heterocycles. The maximum Gasteiger partial charge on any atom is 0.216 e. The standard InChI is InChI=1S/C11H8BrFN6/c12-4-7-1-2-10(9(13)3-7)15-6-8(5-14)11-16-18-19-17-11/h1-3,6,15H,4H2,(H,16,17,18,19). The molecule has 0 unspecified atom stereocenters. The molecule has 0 aliphatic rings. The Morgan fingerprint density at radius 1 is 1.58 bits per heavy atom. The number of aromatic nitrogens is 4. The Hall–Kier alpha value is -2.27. The molecule has 0 bridgehead atoms. The minimum Gasteiger partial charge on any atom is -0.358 e. The number of benzene rings is 1. The van der Waals surface area contributed by atoms with Crippen LogP contribution in [0.15, 0.2) is 24.4 Å². The van der Waals surface area contributed by atoms with Crippen molar-refractivity contribution >= 4 is 27.2 Å². The normalized spacial score (nSPS) is 11.1. The monoisotopic (exact) mass is 322 g/mol. The molecule has 0 saturated carbocycles. The quantitative estimate of drug-likeness (QED) is 0.665. The van der Waals surface area contributed by atoms with Crippen LogP contribution in [0, 0.1) is 17.1 Å². The number of allylic oxidation sites excluding steroid dienone is 1. The van der Waals surface area contributed by atoms with Gasteiger partial charge in [-0.3, -0.25) is 0 Å². The lowest BCUT2D eigenvalue weighted by Crippen LogP contribution is -1.96. The Labute approximate surface area is 116 Å². The Balaban J connectivity index is 2.20. The van der Waals surface area contributed by atoms with Gasteiger partial charge in [-0.05, 0) is 22.9 Å². The van der Waals surface area contributed by atoms with Crippen molar-refractivity contribution in [3.63, 3.8) is 0 Å². The topological polar surface area (TPSA) is 90.3 Å². The first kappa shape index (κ1) is 13.2. The SMILES string of the molecule is N#CC(=CNc1ccc(CBr)cc1F)c1nn[nH]n1. The highest BCUT2D eigenvalue weighted by Crippen LogP contribution is 2.18. The number of H-pyrrole nitrogens is 1. The summed E-state index contributed by atoms with van der Waals surface area (Å²) < 4.78 is 13.7. The Morgan fingerprint density at radius 3 is 3.00 bits per heavy atom. The van der Waals surface area contributed by atoms with Gasteiger partial charge in [0, 0.05) is 11.5 Å². The number of halogens is 2. The van der Waals surface area contributed by atoms with Crippen LogP contribution in [0.5, 0.6) is 0 Å². The summed E-state index contributed by atoms with van der Waals surface area (Å²) >= 11 is 3.25. The van der Waals surface area contributed by atoms with E-state index in [0.29, 0.717) is 5.33 Å². The molecule has 0 spiro atoms. The molecule has 2 aromatic rings. The fourth-order valence-electron chi connectivity index (χ4n) is 1.33. The van der Waals surface area contributed by atoms with Gasteiger partial charge in [-0.2, -0.15) is 10.5 Å². The summed E-state index contributed by atoms with van der Waals surface area (Å²) in [5.74, 6) is -0.258. The van der Waals surface area contributed by atoms with Crippen molar-refractivity contribution in [1.29, 1.82) is 5.26 Å². The van der Waals surface area contributed by atoms with E-state index in [4.69, 9.17) is 5.26 Å². The molecule has 2 rings (SSSR count). The smallest absolute Gasteiger partial charge is 0.216 e. The lowest BCUT2D eigenvalue weighted by Gasteiger charge is -2.04. The van der Waals surface area contributed by atoms with Gasteiger partial charge in [-0.15, -0.1) is 10.2 Å². The average molecular weight is 323 g/mol. The molecule has 0 atom stereocenters. The molecular formula is C11H8BrFN6. The molecular weight excluding hydrogens is 315 g/mol. The number of alkyl halides is 1. The van der Waals surface area contributed by atoms with E-state index in [-0.39, 0.29) is 17.1 Å². The van der Waals surface area contributed by atoms with Crippen LogP contribution in [0.4, 0.5) is 10.1 Å². The zero-order chi connectivity index (χ0) is 13.7. The third-order valence-corrected chi connectivity index (χ3v) is 2.91. The summed E-state index contributed by atoms with van der Waals surface area (Å²) in [6.45, 7) is 0. The maximum atomic E-state index is 13.7. The molecule has 8 heteroatoms. The summed E-state index contributed by atoms with van der Waals surface area (Å²) in [4.78, 5) is 0. The highest BCUT2D eigenvalue weighted by atomic mass is 79.9. The van der Waals surface area contributed by atoms with Gasteiger partial charge in [0.2, 0.25) is 5.82 Å². The molecule has 2 N–H and O–H groups in total. The van der Waals surface area contributed by atoms with E-state index < -0.39 is 5.82 Å². The molecule has 0 radical (unpaired) electrons. The molecule has 0 fully saturated rings. The van der Waals surface area contributed by atoms with E-state index in [1.165, 1.54) is 12.3 Å². The summed E-state index contributed by atoms with van der Waals surface area (Å²) in [6.07, 6.45) is 1.33. The van der Waals surface area contributed by atoms with Crippen molar-refractivity contribution in [3.8, 4) is 6.07 Å². The van der Waals surface area contributed by atoms with Gasteiger partial charge in [0.15, 0.2) is 0 Å². The number of rotatable bonds is 4. The van der Waals surface area contributed by atoms with Crippen molar-refractivity contribution in [1.82, 2.24) is 20.6 Å². The molecule has 0 amide bonds. The first-order valence-electron chi connectivity index (χ1n) is 5.19. The lowest BCUT2D eigenvalue weighted by atomic mass is 10.2. The summed E-state index contributed by atoms with van der Waals surface area (Å²) in [5, 5.41) is 25.2. The average Bonchev–Trinajstić information content (AvgIpc) is 2.95. The van der Waals surface area contributed by atoms with Crippen LogP contribution in [0.1, 0.15) is 11.4 Å². The van der Waals surface area contributed by atoms with Gasteiger partial charge in [0.25, 0.3) is 0 Å². The number of hydrogen-bond donors (Lipinski definition) is 2. The van der Waals surface area contributed by atoms with Crippen LogP contribution in [-0.4, -0.2) is 20.6 Å². The molecule has 96 valence electrons. The van der Waals surface area contributed by atoms with Gasteiger partial charge in [-0.25, -0.2) is 4.39 Å². The molecule has 19 heavy (non-hydrogen) atoms. The first-order valence-corrected chi connectivity index (χ1v) is 6.31. The van der Waals surface area contributed by atoms with E-state index in [1.807, 2.05) is 6.07 Å². The molecule has 0 aliphatic carbocycles. The predicted molar refractivity (Wildman–Crippen MR) is 70.4 cm³/mol. The second-order valence-electron chi connectivity index (χ2n) is 3.50. The minimum absolute atomic E-state index is 0.146. The third kappa shape index (κ3) is 3.14. The Morgan fingerprint density at radius 2 is 2.42 bits per heavy atom. The molecule has 1 aromatic carbocycles. The van der Waals surface area contributed by atoms with Gasteiger partial charge in [0.05, 0.1) is 5.69 Å². The van der Waals surface area contributed by atoms with Crippen LogP contribution in [0.3, 0.4) is 0 Å². The first-order chi connectivity index (χ1) is 9.24. The second kappa shape index (κ2) is 6.06. The largest absolute Gasteiger partial charge is 0.358 e. The van der Waals surface area contributed by atoms with Crippen molar-refractivity contribution in [2.75, 3.05) is 5.32 Å². The fraction of sp³-hybridized carbons (Fsp3) is 0.0909. The Bertz CT molecular complexity index is 631. The highest BCUT2D eigenvalue weighted by Gasteiger charge is 2.07. The second-order valence-corrected chi connectivity index (χ2v) is 4.06. The lowest BCUT2D eigenvalue weighted by molar-refractivity contribution is 0.630. The zero-order valence-electron chi connectivity index (χ0n) is 9.56. The van der Waals surface area contributed by atoms with E-state index >= 15 is 0 Å².